The van der Waals surface area contributed by atoms with Crippen LogP contribution in [0.4, 0.5) is 4.79 Å². The molecule has 0 bridgehead atoms. The normalized spacial score (nSPS) is 10.7. The molecule has 0 unspecified atom stereocenters. The Bertz CT molecular complexity index is 672. The van der Waals surface area contributed by atoms with Crippen molar-refractivity contribution in [1.29, 1.82) is 0 Å². The first kappa shape index (κ1) is 17.0. The fraction of sp³-hybridized carbons (Fsp3) is 0.222. The van der Waals surface area contributed by atoms with Crippen molar-refractivity contribution < 1.29 is 9.53 Å². The Balaban J connectivity index is 1.66. The molecule has 1 heterocycles. The minimum Gasteiger partial charge on any atom is -0.445 e. The van der Waals surface area contributed by atoms with Gasteiger partial charge in [0, 0.05) is 17.8 Å². The van der Waals surface area contributed by atoms with Gasteiger partial charge < -0.3 is 10.1 Å². The summed E-state index contributed by atoms with van der Waals surface area (Å²) < 4.78 is 5.12. The molecule has 0 aliphatic rings. The summed E-state index contributed by atoms with van der Waals surface area (Å²) in [6.45, 7) is 2.67. The molecular formula is C18H19ClN2O2. The van der Waals surface area contributed by atoms with E-state index in [9.17, 15) is 4.79 Å². The highest BCUT2D eigenvalue weighted by Gasteiger charge is 2.01. The lowest BCUT2D eigenvalue weighted by Crippen LogP contribution is -2.24. The van der Waals surface area contributed by atoms with Crippen LogP contribution < -0.4 is 5.32 Å². The Kier molecular flexibility index (Phi) is 6.63. The number of carbonyl (C=O) groups excluding carboxylic acids is 1. The molecule has 0 aliphatic heterocycles. The maximum absolute atomic E-state index is 11.6. The Morgan fingerprint density at radius 2 is 2.04 bits per heavy atom. The average molecular weight is 331 g/mol. The van der Waals surface area contributed by atoms with Crippen LogP contribution >= 0.6 is 11.6 Å². The van der Waals surface area contributed by atoms with Gasteiger partial charge in [-0.2, -0.15) is 0 Å². The van der Waals surface area contributed by atoms with Crippen LogP contribution in [0.1, 0.15) is 23.2 Å². The SMILES string of the molecule is Cc1ccc(C=CCCNC(=O)OCc2ccccc2)c(Cl)n1. The molecule has 0 atom stereocenters. The van der Waals surface area contributed by atoms with Crippen LogP contribution in [0.3, 0.4) is 0 Å². The summed E-state index contributed by atoms with van der Waals surface area (Å²) in [5, 5.41) is 3.18. The lowest BCUT2D eigenvalue weighted by Gasteiger charge is -2.06. The van der Waals surface area contributed by atoms with Gasteiger partial charge in [-0.25, -0.2) is 9.78 Å². The van der Waals surface area contributed by atoms with Crippen LogP contribution in [-0.4, -0.2) is 17.6 Å². The van der Waals surface area contributed by atoms with E-state index in [1.165, 1.54) is 0 Å². The Morgan fingerprint density at radius 3 is 2.78 bits per heavy atom. The van der Waals surface area contributed by atoms with Crippen LogP contribution in [0.15, 0.2) is 48.5 Å². The van der Waals surface area contributed by atoms with Crippen molar-refractivity contribution in [3.8, 4) is 0 Å². The average Bonchev–Trinajstić information content (AvgIpc) is 2.55. The molecule has 0 radical (unpaired) electrons. The molecule has 23 heavy (non-hydrogen) atoms. The maximum Gasteiger partial charge on any atom is 0.407 e. The van der Waals surface area contributed by atoms with E-state index in [0.717, 1.165) is 16.8 Å². The van der Waals surface area contributed by atoms with Gasteiger partial charge in [0.05, 0.1) is 0 Å². The van der Waals surface area contributed by atoms with E-state index < -0.39 is 6.09 Å². The van der Waals surface area contributed by atoms with Crippen molar-refractivity contribution >= 4 is 23.8 Å². The number of aromatic nitrogens is 1. The third-order valence-electron chi connectivity index (χ3n) is 3.11. The molecule has 2 rings (SSSR count). The number of benzene rings is 1. The quantitative estimate of drug-likeness (QED) is 0.632. The molecule has 120 valence electrons. The highest BCUT2D eigenvalue weighted by atomic mass is 35.5. The minimum absolute atomic E-state index is 0.271. The van der Waals surface area contributed by atoms with Crippen LogP contribution in [0.2, 0.25) is 5.15 Å². The monoisotopic (exact) mass is 330 g/mol. The zero-order valence-electron chi connectivity index (χ0n) is 13.0. The largest absolute Gasteiger partial charge is 0.445 e. The van der Waals surface area contributed by atoms with Crippen LogP contribution in [0.5, 0.6) is 0 Å². The highest BCUT2D eigenvalue weighted by Crippen LogP contribution is 2.15. The fourth-order valence-electron chi connectivity index (χ4n) is 1.90. The van der Waals surface area contributed by atoms with E-state index in [4.69, 9.17) is 16.3 Å². The van der Waals surface area contributed by atoms with Gasteiger partial charge >= 0.3 is 6.09 Å². The second-order valence-electron chi connectivity index (χ2n) is 5.01. The van der Waals surface area contributed by atoms with Gasteiger partial charge in [-0.15, -0.1) is 0 Å². The fourth-order valence-corrected chi connectivity index (χ4v) is 2.16. The summed E-state index contributed by atoms with van der Waals surface area (Å²) >= 11 is 6.04. The topological polar surface area (TPSA) is 51.2 Å². The second-order valence-corrected chi connectivity index (χ2v) is 5.37. The van der Waals surface area contributed by atoms with E-state index >= 15 is 0 Å². The number of alkyl carbamates (subject to hydrolysis) is 1. The minimum atomic E-state index is -0.419. The second kappa shape index (κ2) is 8.96. The van der Waals surface area contributed by atoms with Crippen molar-refractivity contribution in [2.45, 2.75) is 20.0 Å². The zero-order valence-corrected chi connectivity index (χ0v) is 13.7. The highest BCUT2D eigenvalue weighted by molar-refractivity contribution is 6.30. The molecule has 0 saturated carbocycles. The third-order valence-corrected chi connectivity index (χ3v) is 3.41. The number of nitrogens with one attached hydrogen (secondary N) is 1. The number of halogens is 1. The summed E-state index contributed by atoms with van der Waals surface area (Å²) in [5.74, 6) is 0. The van der Waals surface area contributed by atoms with E-state index in [1.807, 2.05) is 61.5 Å². The molecule has 0 fully saturated rings. The predicted octanol–water partition coefficient (Wildman–Crippen LogP) is 4.37. The number of amides is 1. The molecule has 1 amide bonds. The van der Waals surface area contributed by atoms with Gasteiger partial charge in [-0.3, -0.25) is 0 Å². The number of pyridine rings is 1. The molecular weight excluding hydrogens is 312 g/mol. The predicted molar refractivity (Wildman–Crippen MR) is 92.3 cm³/mol. The van der Waals surface area contributed by atoms with Gasteiger partial charge in [0.1, 0.15) is 11.8 Å². The molecule has 5 heteroatoms. The van der Waals surface area contributed by atoms with Crippen molar-refractivity contribution in [2.24, 2.45) is 0 Å². The van der Waals surface area contributed by atoms with E-state index in [1.54, 1.807) is 0 Å². The summed E-state index contributed by atoms with van der Waals surface area (Å²) in [4.78, 5) is 15.7. The van der Waals surface area contributed by atoms with Gasteiger partial charge in [0.25, 0.3) is 0 Å². The van der Waals surface area contributed by atoms with E-state index in [2.05, 4.69) is 10.3 Å². The molecule has 2 aromatic rings. The number of carbonyl (C=O) groups is 1. The van der Waals surface area contributed by atoms with Gasteiger partial charge in [-0.1, -0.05) is 60.2 Å². The summed E-state index contributed by atoms with van der Waals surface area (Å²) in [7, 11) is 0. The molecule has 4 nitrogen and oxygen atoms in total. The number of hydrogen-bond acceptors (Lipinski definition) is 3. The van der Waals surface area contributed by atoms with Gasteiger partial charge in [0.2, 0.25) is 0 Å². The zero-order chi connectivity index (χ0) is 16.5. The van der Waals surface area contributed by atoms with Crippen molar-refractivity contribution in [3.05, 3.63) is 70.5 Å². The van der Waals surface area contributed by atoms with Crippen LogP contribution in [-0.2, 0) is 11.3 Å². The molecule has 0 aliphatic carbocycles. The van der Waals surface area contributed by atoms with Crippen LogP contribution in [0, 0.1) is 6.92 Å². The van der Waals surface area contributed by atoms with E-state index in [0.29, 0.717) is 18.1 Å². The van der Waals surface area contributed by atoms with Gasteiger partial charge in [-0.05, 0) is 25.0 Å². The smallest absolute Gasteiger partial charge is 0.407 e. The maximum atomic E-state index is 11.6. The number of aryl methyl sites for hydroxylation is 1. The Hall–Kier alpha value is -2.33. The summed E-state index contributed by atoms with van der Waals surface area (Å²) in [5.41, 5.74) is 2.71. The standard InChI is InChI=1S/C18H19ClN2O2/c1-14-10-11-16(17(19)21-14)9-5-6-12-20-18(22)23-13-15-7-3-2-4-8-15/h2-5,7-11H,6,12-13H2,1H3,(H,20,22). The van der Waals surface area contributed by atoms with E-state index in [-0.39, 0.29) is 6.61 Å². The first-order chi connectivity index (χ1) is 11.1. The molecule has 0 saturated heterocycles. The first-order valence-corrected chi connectivity index (χ1v) is 7.77. The number of rotatable bonds is 6. The number of ether oxygens (including phenoxy) is 1. The summed E-state index contributed by atoms with van der Waals surface area (Å²) in [6, 6.07) is 13.4. The van der Waals surface area contributed by atoms with Gasteiger partial charge in [0.15, 0.2) is 0 Å². The number of nitrogens with zero attached hydrogens (tertiary/aromatic N) is 1. The Morgan fingerprint density at radius 1 is 1.26 bits per heavy atom. The summed E-state index contributed by atoms with van der Waals surface area (Å²) in [6.07, 6.45) is 4.10. The van der Waals surface area contributed by atoms with Crippen molar-refractivity contribution in [1.82, 2.24) is 10.3 Å². The lowest BCUT2D eigenvalue weighted by molar-refractivity contribution is 0.140. The molecule has 1 N–H and O–H groups in total. The van der Waals surface area contributed by atoms with Crippen LogP contribution in [0.25, 0.3) is 6.08 Å². The lowest BCUT2D eigenvalue weighted by atomic mass is 10.2. The van der Waals surface area contributed by atoms with Crippen molar-refractivity contribution in [3.63, 3.8) is 0 Å². The molecule has 1 aromatic heterocycles. The van der Waals surface area contributed by atoms with Crippen molar-refractivity contribution in [2.75, 3.05) is 6.54 Å². The first-order valence-electron chi connectivity index (χ1n) is 7.39. The Labute approximate surface area is 141 Å². The molecule has 1 aromatic carbocycles. The molecule has 0 spiro atoms. The number of hydrogen-bond donors (Lipinski definition) is 1. The third kappa shape index (κ3) is 6.12.